The summed E-state index contributed by atoms with van der Waals surface area (Å²) in [6.45, 7) is 1.99. The molecule has 0 saturated carbocycles. The maximum absolute atomic E-state index is 12.9. The molecule has 3 aromatic carbocycles. The number of nitrogens with one attached hydrogen (secondary N) is 1. The van der Waals surface area contributed by atoms with Crippen LogP contribution in [0.4, 0.5) is 5.69 Å². The van der Waals surface area contributed by atoms with Gasteiger partial charge in [0.2, 0.25) is 0 Å². The van der Waals surface area contributed by atoms with E-state index in [4.69, 9.17) is 9.47 Å². The molecule has 1 amide bonds. The number of benzene rings is 3. The summed E-state index contributed by atoms with van der Waals surface area (Å²) in [7, 11) is 1.61. The Morgan fingerprint density at radius 3 is 2.44 bits per heavy atom. The van der Waals surface area contributed by atoms with Gasteiger partial charge in [-0.2, -0.15) is 0 Å². The van der Waals surface area contributed by atoms with Crippen LogP contribution in [0.3, 0.4) is 0 Å². The van der Waals surface area contributed by atoms with Crippen molar-refractivity contribution in [3.8, 4) is 17.2 Å². The van der Waals surface area contributed by atoms with E-state index in [0.717, 1.165) is 21.3 Å². The Labute approximate surface area is 195 Å². The Balaban J connectivity index is 1.42. The second kappa shape index (κ2) is 10.3. The van der Waals surface area contributed by atoms with Crippen LogP contribution in [0.1, 0.15) is 21.1 Å². The van der Waals surface area contributed by atoms with Crippen LogP contribution in [0.2, 0.25) is 0 Å². The fourth-order valence-electron chi connectivity index (χ4n) is 3.04. The number of para-hydroxylation sites is 2. The van der Waals surface area contributed by atoms with E-state index < -0.39 is 0 Å². The van der Waals surface area contributed by atoms with Gasteiger partial charge in [-0.15, -0.1) is 23.1 Å². The van der Waals surface area contributed by atoms with E-state index in [2.05, 4.69) is 15.7 Å². The van der Waals surface area contributed by atoms with Gasteiger partial charge in [-0.25, -0.2) is 4.98 Å². The number of thioether (sulfide) groups is 1. The summed E-state index contributed by atoms with van der Waals surface area (Å²) in [5.74, 6) is 2.52. The number of methoxy groups -OCH3 is 1. The van der Waals surface area contributed by atoms with Crippen molar-refractivity contribution in [2.45, 2.75) is 17.6 Å². The van der Waals surface area contributed by atoms with Crippen LogP contribution in [-0.2, 0) is 5.75 Å². The van der Waals surface area contributed by atoms with Crippen molar-refractivity contribution in [3.63, 3.8) is 0 Å². The van der Waals surface area contributed by atoms with Crippen LogP contribution in [0.15, 0.2) is 83.1 Å². The van der Waals surface area contributed by atoms with E-state index in [1.807, 2.05) is 79.7 Å². The molecule has 4 rings (SSSR count). The quantitative estimate of drug-likeness (QED) is 0.292. The minimum Gasteiger partial charge on any atom is -0.493 e. The number of hydrogen-bond donors (Lipinski definition) is 1. The largest absolute Gasteiger partial charge is 0.493 e. The van der Waals surface area contributed by atoms with Crippen molar-refractivity contribution in [3.05, 3.63) is 94.4 Å². The molecule has 4 aromatic rings. The van der Waals surface area contributed by atoms with Crippen molar-refractivity contribution in [2.75, 3.05) is 12.4 Å². The van der Waals surface area contributed by atoms with Gasteiger partial charge in [0.05, 0.1) is 23.4 Å². The second-order valence-electron chi connectivity index (χ2n) is 6.87. The first-order chi connectivity index (χ1) is 15.6. The topological polar surface area (TPSA) is 60.5 Å². The molecule has 0 aliphatic carbocycles. The molecule has 0 atom stereocenters. The first-order valence-electron chi connectivity index (χ1n) is 9.97. The molecule has 1 aromatic heterocycles. The summed E-state index contributed by atoms with van der Waals surface area (Å²) in [5.41, 5.74) is 2.36. The summed E-state index contributed by atoms with van der Waals surface area (Å²) in [6.07, 6.45) is 0. The summed E-state index contributed by atoms with van der Waals surface area (Å²) >= 11 is 3.25. The van der Waals surface area contributed by atoms with Crippen LogP contribution in [0, 0.1) is 6.92 Å². The zero-order valence-corrected chi connectivity index (χ0v) is 19.3. The fraction of sp³-hybridized carbons (Fsp3) is 0.120. The van der Waals surface area contributed by atoms with Crippen LogP contribution in [0.5, 0.6) is 17.2 Å². The normalized spacial score (nSPS) is 10.6. The zero-order valence-electron chi connectivity index (χ0n) is 17.7. The SMILES string of the molecule is COc1ccccc1Oc1ccc(NC(=O)c2ccccc2SCc2csc(C)n2)cc1. The number of nitrogens with zero attached hydrogens (tertiary/aromatic N) is 1. The number of amides is 1. The lowest BCUT2D eigenvalue weighted by molar-refractivity contribution is 0.102. The molecule has 1 heterocycles. The summed E-state index contributed by atoms with van der Waals surface area (Å²) in [4.78, 5) is 18.3. The monoisotopic (exact) mass is 462 g/mol. The maximum atomic E-state index is 12.9. The minimum absolute atomic E-state index is 0.152. The standard InChI is InChI=1S/C25H22N2O3S2/c1-17-26-19(15-31-17)16-32-24-10-6-3-7-21(24)25(28)27-18-11-13-20(14-12-18)30-23-9-5-4-8-22(23)29-2/h3-15H,16H2,1-2H3,(H,27,28). The Bertz CT molecular complexity index is 1210. The number of aryl methyl sites for hydroxylation is 1. The number of hydrogen-bond acceptors (Lipinski definition) is 6. The van der Waals surface area contributed by atoms with Crippen LogP contribution in [0.25, 0.3) is 0 Å². The van der Waals surface area contributed by atoms with Gasteiger partial charge in [0.1, 0.15) is 5.75 Å². The van der Waals surface area contributed by atoms with Crippen LogP contribution >= 0.6 is 23.1 Å². The molecule has 7 heteroatoms. The first-order valence-corrected chi connectivity index (χ1v) is 11.8. The summed E-state index contributed by atoms with van der Waals surface area (Å²) in [6, 6.07) is 22.3. The van der Waals surface area contributed by atoms with E-state index in [9.17, 15) is 4.79 Å². The molecule has 0 bridgehead atoms. The molecule has 1 N–H and O–H groups in total. The fourth-order valence-corrected chi connectivity index (χ4v) is 4.70. The molecule has 0 saturated heterocycles. The van der Waals surface area contributed by atoms with Gasteiger partial charge in [-0.3, -0.25) is 4.79 Å². The number of carbonyl (C=O) groups excluding carboxylic acids is 1. The van der Waals surface area contributed by atoms with Crippen molar-refractivity contribution < 1.29 is 14.3 Å². The number of aromatic nitrogens is 1. The van der Waals surface area contributed by atoms with Crippen molar-refractivity contribution in [1.29, 1.82) is 0 Å². The lowest BCUT2D eigenvalue weighted by Crippen LogP contribution is -2.12. The van der Waals surface area contributed by atoms with Gasteiger partial charge in [0.15, 0.2) is 11.5 Å². The number of carbonyl (C=O) groups is 1. The van der Waals surface area contributed by atoms with Gasteiger partial charge in [0, 0.05) is 21.7 Å². The van der Waals surface area contributed by atoms with Gasteiger partial charge in [-0.05, 0) is 55.5 Å². The molecule has 0 fully saturated rings. The molecular weight excluding hydrogens is 440 g/mol. The van der Waals surface area contributed by atoms with Gasteiger partial charge < -0.3 is 14.8 Å². The zero-order chi connectivity index (χ0) is 22.3. The highest BCUT2D eigenvalue weighted by molar-refractivity contribution is 7.98. The molecule has 0 spiro atoms. The predicted molar refractivity (Wildman–Crippen MR) is 130 cm³/mol. The molecule has 162 valence electrons. The first kappa shape index (κ1) is 21.9. The average molecular weight is 463 g/mol. The number of rotatable bonds is 8. The van der Waals surface area contributed by atoms with Crippen LogP contribution in [-0.4, -0.2) is 18.0 Å². The molecule has 0 aliphatic rings. The van der Waals surface area contributed by atoms with Gasteiger partial charge in [0.25, 0.3) is 5.91 Å². The molecule has 0 unspecified atom stereocenters. The lowest BCUT2D eigenvalue weighted by Gasteiger charge is -2.12. The Kier molecular flexibility index (Phi) is 7.09. The average Bonchev–Trinajstić information content (AvgIpc) is 3.24. The lowest BCUT2D eigenvalue weighted by atomic mass is 10.2. The molecule has 0 radical (unpaired) electrons. The third-order valence-corrected chi connectivity index (χ3v) is 6.51. The third-order valence-electron chi connectivity index (χ3n) is 4.58. The van der Waals surface area contributed by atoms with Crippen molar-refractivity contribution in [2.24, 2.45) is 0 Å². The maximum Gasteiger partial charge on any atom is 0.256 e. The van der Waals surface area contributed by atoms with Gasteiger partial charge in [-0.1, -0.05) is 24.3 Å². The van der Waals surface area contributed by atoms with E-state index in [1.165, 1.54) is 0 Å². The van der Waals surface area contributed by atoms with Crippen molar-refractivity contribution >= 4 is 34.7 Å². The summed E-state index contributed by atoms with van der Waals surface area (Å²) in [5, 5.41) is 6.07. The Hall–Kier alpha value is -3.29. The highest BCUT2D eigenvalue weighted by Crippen LogP contribution is 2.32. The van der Waals surface area contributed by atoms with E-state index >= 15 is 0 Å². The van der Waals surface area contributed by atoms with Gasteiger partial charge >= 0.3 is 0 Å². The number of anilines is 1. The Morgan fingerprint density at radius 2 is 1.72 bits per heavy atom. The summed E-state index contributed by atoms with van der Waals surface area (Å²) < 4.78 is 11.2. The Morgan fingerprint density at radius 1 is 1.00 bits per heavy atom. The molecule has 5 nitrogen and oxygen atoms in total. The molecular formula is C25H22N2O3S2. The predicted octanol–water partition coefficient (Wildman–Crippen LogP) is 6.80. The van der Waals surface area contributed by atoms with Crippen molar-refractivity contribution in [1.82, 2.24) is 4.98 Å². The van der Waals surface area contributed by atoms with Crippen LogP contribution < -0.4 is 14.8 Å². The van der Waals surface area contributed by atoms with E-state index in [1.54, 1.807) is 30.2 Å². The highest BCUT2D eigenvalue weighted by atomic mass is 32.2. The van der Waals surface area contributed by atoms with E-state index in [0.29, 0.717) is 28.5 Å². The second-order valence-corrected chi connectivity index (χ2v) is 8.95. The highest BCUT2D eigenvalue weighted by Gasteiger charge is 2.13. The minimum atomic E-state index is -0.152. The smallest absolute Gasteiger partial charge is 0.256 e. The third kappa shape index (κ3) is 5.49. The number of thiazole rings is 1. The van der Waals surface area contributed by atoms with E-state index in [-0.39, 0.29) is 5.91 Å². The number of ether oxygens (including phenoxy) is 2. The molecule has 0 aliphatic heterocycles. The molecule has 32 heavy (non-hydrogen) atoms.